The topological polar surface area (TPSA) is 52.6 Å². The first-order valence-corrected chi connectivity index (χ1v) is 17.5. The van der Waals surface area contributed by atoms with Crippen molar-refractivity contribution in [2.75, 3.05) is 6.61 Å². The predicted molar refractivity (Wildman–Crippen MR) is 168 cm³/mol. The molecule has 0 aromatic rings. The third-order valence-corrected chi connectivity index (χ3v) is 11.1. The lowest BCUT2D eigenvalue weighted by atomic mass is 9.49. The van der Waals surface area contributed by atoms with Crippen molar-refractivity contribution in [3.63, 3.8) is 0 Å². The van der Waals surface area contributed by atoms with E-state index in [-0.39, 0.29) is 22.2 Å². The highest BCUT2D eigenvalue weighted by Gasteiger charge is 2.59. The second-order valence-electron chi connectivity index (χ2n) is 14.1. The average molecular weight is 577 g/mol. The van der Waals surface area contributed by atoms with Gasteiger partial charge < -0.3 is 8.92 Å². The molecule has 0 amide bonds. The van der Waals surface area contributed by atoms with Crippen LogP contribution in [0.4, 0.5) is 0 Å². The lowest BCUT2D eigenvalue weighted by molar-refractivity contribution is -0.157. The van der Waals surface area contributed by atoms with Crippen molar-refractivity contribution in [2.24, 2.45) is 35.0 Å². The third-order valence-electron chi connectivity index (χ3n) is 10.3. The van der Waals surface area contributed by atoms with Gasteiger partial charge in [0.2, 0.25) is 0 Å². The molecule has 0 radical (unpaired) electrons. The molecule has 0 bridgehead atoms. The molecule has 0 spiro atoms. The van der Waals surface area contributed by atoms with Crippen LogP contribution in [0.5, 0.6) is 0 Å². The second-order valence-corrected chi connectivity index (χ2v) is 15.8. The summed E-state index contributed by atoms with van der Waals surface area (Å²) in [5.74, 6) is 3.66. The molecule has 3 fully saturated rings. The molecular formula is C35H60O4S. The molecular weight excluding hydrogens is 516 g/mol. The molecule has 3 unspecified atom stereocenters. The van der Waals surface area contributed by atoms with Crippen molar-refractivity contribution < 1.29 is 18.5 Å². The van der Waals surface area contributed by atoms with Crippen molar-refractivity contribution >= 4 is 23.8 Å². The summed E-state index contributed by atoms with van der Waals surface area (Å²) in [6.45, 7) is 15.4. The van der Waals surface area contributed by atoms with E-state index >= 15 is 0 Å². The average Bonchev–Trinajstić information content (AvgIpc) is 3.22. The van der Waals surface area contributed by atoms with Gasteiger partial charge in [0.1, 0.15) is 6.10 Å². The van der Waals surface area contributed by atoms with Crippen LogP contribution in [0.1, 0.15) is 145 Å². The van der Waals surface area contributed by atoms with Gasteiger partial charge in [-0.1, -0.05) is 64.9 Å². The zero-order valence-electron chi connectivity index (χ0n) is 26.9. The molecule has 0 saturated heterocycles. The van der Waals surface area contributed by atoms with Gasteiger partial charge in [-0.05, 0) is 120 Å². The number of ether oxygens (including phenoxy) is 1. The Hall–Kier alpha value is -0.810. The Labute approximate surface area is 250 Å². The molecule has 4 nitrogen and oxygen atoms in total. The van der Waals surface area contributed by atoms with Gasteiger partial charge in [-0.25, -0.2) is 0 Å². The van der Waals surface area contributed by atoms with Crippen LogP contribution in [0.15, 0.2) is 11.6 Å². The molecule has 5 heteroatoms. The van der Waals surface area contributed by atoms with Gasteiger partial charge in [0.05, 0.1) is 6.61 Å². The van der Waals surface area contributed by atoms with Crippen LogP contribution in [-0.4, -0.2) is 29.2 Å². The number of rotatable bonds is 12. The molecule has 3 saturated carbocycles. The van der Waals surface area contributed by atoms with Crippen LogP contribution in [0.2, 0.25) is 0 Å². The number of hydrogen-bond donors (Lipinski definition) is 0. The SMILES string of the molecule is CC.CC(=O)O[C@H]1CCC2C3C(CC[C@@]21C)[C@H]1CCC(=O)C=C1C[C@H]3CCCCCCCCCOSC(C)(C)C. The predicted octanol–water partition coefficient (Wildman–Crippen LogP) is 9.90. The lowest BCUT2D eigenvalue weighted by Crippen LogP contribution is -2.51. The fourth-order valence-corrected chi connectivity index (χ4v) is 9.24. The molecule has 0 aliphatic heterocycles. The molecule has 4 aliphatic rings. The third kappa shape index (κ3) is 8.85. The maximum absolute atomic E-state index is 12.3. The highest BCUT2D eigenvalue weighted by molar-refractivity contribution is 7.96. The number of hydrogen-bond acceptors (Lipinski definition) is 5. The summed E-state index contributed by atoms with van der Waals surface area (Å²) in [7, 11) is 0. The molecule has 4 aliphatic carbocycles. The van der Waals surface area contributed by atoms with Crippen molar-refractivity contribution in [1.82, 2.24) is 0 Å². The summed E-state index contributed by atoms with van der Waals surface area (Å²) in [5.41, 5.74) is 1.61. The fourth-order valence-electron chi connectivity index (χ4n) is 8.69. The first-order valence-electron chi connectivity index (χ1n) is 16.8. The van der Waals surface area contributed by atoms with Crippen LogP contribution < -0.4 is 0 Å². The Kier molecular flexibility index (Phi) is 13.1. The summed E-state index contributed by atoms with van der Waals surface area (Å²) < 4.78 is 11.8. The van der Waals surface area contributed by atoms with E-state index < -0.39 is 0 Å². The maximum Gasteiger partial charge on any atom is 0.302 e. The summed E-state index contributed by atoms with van der Waals surface area (Å²) in [6, 6.07) is 0. The van der Waals surface area contributed by atoms with E-state index in [1.807, 2.05) is 19.9 Å². The largest absolute Gasteiger partial charge is 0.462 e. The van der Waals surface area contributed by atoms with Gasteiger partial charge in [-0.15, -0.1) is 0 Å². The number of carbonyl (C=O) groups is 2. The van der Waals surface area contributed by atoms with Crippen LogP contribution in [0.3, 0.4) is 0 Å². The Morgan fingerprint density at radius 1 is 1.00 bits per heavy atom. The Morgan fingerprint density at radius 3 is 2.35 bits per heavy atom. The number of unbranched alkanes of at least 4 members (excludes halogenated alkanes) is 6. The highest BCUT2D eigenvalue weighted by atomic mass is 32.2. The van der Waals surface area contributed by atoms with Crippen LogP contribution in [-0.2, 0) is 18.5 Å². The van der Waals surface area contributed by atoms with Gasteiger partial charge in [0.15, 0.2) is 5.78 Å². The van der Waals surface area contributed by atoms with Gasteiger partial charge in [-0.2, -0.15) is 0 Å². The Bertz CT molecular complexity index is 845. The zero-order chi connectivity index (χ0) is 29.3. The monoisotopic (exact) mass is 576 g/mol. The number of carbonyl (C=O) groups excluding carboxylic acids is 2. The molecule has 40 heavy (non-hydrogen) atoms. The van der Waals surface area contributed by atoms with Crippen LogP contribution >= 0.6 is 12.0 Å². The zero-order valence-corrected chi connectivity index (χ0v) is 27.7. The Morgan fingerprint density at radius 2 is 1.68 bits per heavy atom. The van der Waals surface area contributed by atoms with Gasteiger partial charge >= 0.3 is 5.97 Å². The number of fused-ring (bicyclic) bond motifs is 5. The molecule has 4 rings (SSSR count). The van der Waals surface area contributed by atoms with E-state index in [4.69, 9.17) is 8.92 Å². The molecule has 0 aromatic carbocycles. The number of esters is 1. The quantitative estimate of drug-likeness (QED) is 0.131. The first-order chi connectivity index (χ1) is 19.1. The summed E-state index contributed by atoms with van der Waals surface area (Å²) in [4.78, 5) is 24.2. The van der Waals surface area contributed by atoms with Gasteiger partial charge in [0, 0.05) is 23.5 Å². The van der Waals surface area contributed by atoms with E-state index in [9.17, 15) is 9.59 Å². The molecule has 0 aromatic heterocycles. The first kappa shape index (κ1) is 33.7. The van der Waals surface area contributed by atoms with Crippen LogP contribution in [0.25, 0.3) is 0 Å². The van der Waals surface area contributed by atoms with Gasteiger partial charge in [0.25, 0.3) is 0 Å². The van der Waals surface area contributed by atoms with E-state index in [0.717, 1.165) is 50.5 Å². The van der Waals surface area contributed by atoms with Gasteiger partial charge in [-0.3, -0.25) is 9.59 Å². The Balaban J connectivity index is 0.00000216. The van der Waals surface area contributed by atoms with Crippen molar-refractivity contribution in [3.8, 4) is 0 Å². The number of allylic oxidation sites excluding steroid dienone is 1. The summed E-state index contributed by atoms with van der Waals surface area (Å²) >= 11 is 1.60. The maximum atomic E-state index is 12.3. The van der Waals surface area contributed by atoms with E-state index in [1.54, 1.807) is 19.0 Å². The number of ketones is 1. The minimum Gasteiger partial charge on any atom is -0.462 e. The summed E-state index contributed by atoms with van der Waals surface area (Å²) in [6.07, 6.45) is 20.0. The minimum absolute atomic E-state index is 0.0916. The van der Waals surface area contributed by atoms with E-state index in [1.165, 1.54) is 69.8 Å². The molecule has 0 heterocycles. The highest BCUT2D eigenvalue weighted by Crippen LogP contribution is 2.64. The fraction of sp³-hybridized carbons (Fsp3) is 0.886. The molecule has 230 valence electrons. The molecule has 0 N–H and O–H groups in total. The van der Waals surface area contributed by atoms with Crippen molar-refractivity contribution in [1.29, 1.82) is 0 Å². The standard InChI is InChI=1S/C33H54O4S.C2H6/c1-23(34)37-30-17-16-29-31-24(13-11-9-7-6-8-10-12-20-36-38-32(2,3)4)21-25-22-26(35)14-15-27(25)28(31)18-19-33(29,30)5;1-2/h22,24,27-31H,6-21H2,1-5H3;1-2H3/t24-,27+,28?,29?,30+,31?,33+;/m1./s1. The minimum atomic E-state index is -0.119. The van der Waals surface area contributed by atoms with E-state index in [0.29, 0.717) is 23.5 Å². The van der Waals surface area contributed by atoms with E-state index in [2.05, 4.69) is 27.7 Å². The van der Waals surface area contributed by atoms with Crippen molar-refractivity contribution in [2.45, 2.75) is 156 Å². The van der Waals surface area contributed by atoms with Crippen molar-refractivity contribution in [3.05, 3.63) is 11.6 Å². The normalized spacial score (nSPS) is 33.2. The lowest BCUT2D eigenvalue weighted by Gasteiger charge is -2.56. The second kappa shape index (κ2) is 15.6. The smallest absolute Gasteiger partial charge is 0.302 e. The van der Waals surface area contributed by atoms with Crippen LogP contribution in [0, 0.1) is 35.0 Å². The molecule has 7 atom stereocenters. The summed E-state index contributed by atoms with van der Waals surface area (Å²) in [5, 5.41) is 0.